The fourth-order valence-electron chi connectivity index (χ4n) is 5.04. The molecule has 1 aliphatic heterocycles. The van der Waals surface area contributed by atoms with Crippen LogP contribution in [0.3, 0.4) is 0 Å². The second kappa shape index (κ2) is 11.1. The van der Waals surface area contributed by atoms with Crippen LogP contribution in [0.25, 0.3) is 0 Å². The molecule has 9 nitrogen and oxygen atoms in total. The van der Waals surface area contributed by atoms with Crippen molar-refractivity contribution in [3.8, 4) is 5.75 Å². The predicted molar refractivity (Wildman–Crippen MR) is 157 cm³/mol. The Hall–Kier alpha value is -3.66. The van der Waals surface area contributed by atoms with Crippen LogP contribution in [0.2, 0.25) is 0 Å². The molecule has 214 valence electrons. The number of rotatable bonds is 8. The van der Waals surface area contributed by atoms with E-state index in [-0.39, 0.29) is 21.5 Å². The zero-order valence-corrected chi connectivity index (χ0v) is 25.1. The van der Waals surface area contributed by atoms with Gasteiger partial charge in [-0.05, 0) is 68.1 Å². The van der Waals surface area contributed by atoms with Crippen molar-refractivity contribution in [1.82, 2.24) is 14.7 Å². The Morgan fingerprint density at radius 1 is 1.07 bits per heavy atom. The number of methoxy groups -OCH3 is 1. The normalized spacial score (nSPS) is 17.0. The van der Waals surface area contributed by atoms with Gasteiger partial charge in [0.2, 0.25) is 0 Å². The number of anilines is 2. The molecule has 1 atom stereocenters. The quantitative estimate of drug-likeness (QED) is 0.386. The number of aromatic nitrogens is 2. The van der Waals surface area contributed by atoms with Crippen LogP contribution in [0, 0.1) is 5.92 Å². The molecule has 0 radical (unpaired) electrons. The van der Waals surface area contributed by atoms with Gasteiger partial charge in [0.05, 0.1) is 12.7 Å². The van der Waals surface area contributed by atoms with Crippen LogP contribution in [-0.4, -0.2) is 43.5 Å². The second-order valence-electron chi connectivity index (χ2n) is 12.0. The average Bonchev–Trinajstić information content (AvgIpc) is 3.18. The molecule has 0 spiro atoms. The summed E-state index contributed by atoms with van der Waals surface area (Å²) in [6.07, 6.45) is 0.939. The lowest BCUT2D eigenvalue weighted by Gasteiger charge is -2.34. The summed E-state index contributed by atoms with van der Waals surface area (Å²) >= 11 is 0. The lowest BCUT2D eigenvalue weighted by molar-refractivity contribution is 0.0981. The number of nitrogens with one attached hydrogen (secondary N) is 2. The monoisotopic (exact) mass is 565 g/mol. The molecule has 1 amide bonds. The highest BCUT2D eigenvalue weighted by Gasteiger charge is 2.39. The van der Waals surface area contributed by atoms with Gasteiger partial charge in [-0.15, -0.1) is 0 Å². The van der Waals surface area contributed by atoms with Crippen molar-refractivity contribution in [2.45, 2.75) is 70.5 Å². The van der Waals surface area contributed by atoms with E-state index in [4.69, 9.17) is 9.72 Å². The highest BCUT2D eigenvalue weighted by atomic mass is 32.2. The summed E-state index contributed by atoms with van der Waals surface area (Å²) in [6.45, 7) is 13.7. The lowest BCUT2D eigenvalue weighted by Crippen LogP contribution is -2.41. The Morgan fingerprint density at radius 2 is 1.77 bits per heavy atom. The number of pyridine rings is 2. The van der Waals surface area contributed by atoms with E-state index in [1.807, 2.05) is 24.3 Å². The van der Waals surface area contributed by atoms with E-state index >= 15 is 0 Å². The van der Waals surface area contributed by atoms with Crippen molar-refractivity contribution in [3.63, 3.8) is 0 Å². The number of carbonyl (C=O) groups is 1. The number of benzene rings is 1. The molecule has 4 rings (SSSR count). The van der Waals surface area contributed by atoms with Crippen LogP contribution in [-0.2, 0) is 22.0 Å². The SMILES string of the molecule is COc1ccc(CNc2cccc(S(=O)(=O)NC(=O)c3ccc(C(C)(C)C)nc3N3CC(C)CC3(C)C)n2)cc1. The molecule has 0 aliphatic carbocycles. The highest BCUT2D eigenvalue weighted by molar-refractivity contribution is 7.90. The summed E-state index contributed by atoms with van der Waals surface area (Å²) in [5.41, 5.74) is 1.54. The molecule has 1 unspecified atom stereocenters. The van der Waals surface area contributed by atoms with Crippen molar-refractivity contribution in [2.24, 2.45) is 5.92 Å². The van der Waals surface area contributed by atoms with Gasteiger partial charge in [0.15, 0.2) is 5.03 Å². The summed E-state index contributed by atoms with van der Waals surface area (Å²) in [6, 6.07) is 15.6. The molecule has 0 saturated carbocycles. The molecular weight excluding hydrogens is 526 g/mol. The van der Waals surface area contributed by atoms with Gasteiger partial charge in [0, 0.05) is 29.7 Å². The van der Waals surface area contributed by atoms with E-state index in [0.717, 1.165) is 30.0 Å². The lowest BCUT2D eigenvalue weighted by atomic mass is 9.91. The first-order valence-electron chi connectivity index (χ1n) is 13.4. The van der Waals surface area contributed by atoms with E-state index in [9.17, 15) is 13.2 Å². The van der Waals surface area contributed by atoms with Crippen LogP contribution in [0.4, 0.5) is 11.6 Å². The van der Waals surface area contributed by atoms with Crippen LogP contribution < -0.4 is 19.7 Å². The van der Waals surface area contributed by atoms with E-state index < -0.39 is 15.9 Å². The van der Waals surface area contributed by atoms with Gasteiger partial charge in [-0.3, -0.25) is 4.79 Å². The van der Waals surface area contributed by atoms with Crippen molar-refractivity contribution in [3.05, 3.63) is 71.4 Å². The first-order chi connectivity index (χ1) is 18.7. The van der Waals surface area contributed by atoms with Crippen LogP contribution in [0.1, 0.15) is 69.6 Å². The first kappa shape index (κ1) is 29.3. The summed E-state index contributed by atoms with van der Waals surface area (Å²) in [5.74, 6) is 1.29. The van der Waals surface area contributed by atoms with Gasteiger partial charge >= 0.3 is 0 Å². The van der Waals surface area contributed by atoms with Gasteiger partial charge in [0.25, 0.3) is 15.9 Å². The molecule has 1 saturated heterocycles. The molecule has 2 N–H and O–H groups in total. The van der Waals surface area contributed by atoms with E-state index in [1.54, 1.807) is 31.4 Å². The molecule has 10 heteroatoms. The largest absolute Gasteiger partial charge is 0.497 e. The van der Waals surface area contributed by atoms with E-state index in [0.29, 0.717) is 24.1 Å². The number of nitrogens with zero attached hydrogens (tertiary/aromatic N) is 3. The molecule has 1 fully saturated rings. The Kier molecular flexibility index (Phi) is 8.12. The summed E-state index contributed by atoms with van der Waals surface area (Å²) in [4.78, 5) is 24.8. The average molecular weight is 566 g/mol. The minimum atomic E-state index is -4.25. The van der Waals surface area contributed by atoms with Crippen molar-refractivity contribution >= 4 is 27.6 Å². The topological polar surface area (TPSA) is 114 Å². The summed E-state index contributed by atoms with van der Waals surface area (Å²) < 4.78 is 34.0. The van der Waals surface area contributed by atoms with Crippen LogP contribution in [0.5, 0.6) is 5.75 Å². The highest BCUT2D eigenvalue weighted by Crippen LogP contribution is 2.38. The minimum absolute atomic E-state index is 0.215. The maximum atomic E-state index is 13.5. The molecule has 1 aliphatic rings. The molecule has 3 aromatic rings. The molecule has 1 aromatic carbocycles. The van der Waals surface area contributed by atoms with Gasteiger partial charge < -0.3 is 15.0 Å². The third-order valence-electron chi connectivity index (χ3n) is 7.08. The van der Waals surface area contributed by atoms with Crippen molar-refractivity contribution in [1.29, 1.82) is 0 Å². The number of amides is 1. The maximum absolute atomic E-state index is 13.5. The fraction of sp³-hybridized carbons (Fsp3) is 0.433. The maximum Gasteiger partial charge on any atom is 0.281 e. The molecule has 2 aromatic heterocycles. The standard InChI is InChI=1S/C30H39N5O4S/c1-20-17-30(5,6)35(19-20)27-23(15-16-24(32-27)29(2,3)4)28(36)34-40(37,38)26-10-8-9-25(33-26)31-18-21-11-13-22(39-7)14-12-21/h8-16,20H,17-19H2,1-7H3,(H,31,33)(H,34,36). The Morgan fingerprint density at radius 3 is 2.38 bits per heavy atom. The molecule has 3 heterocycles. The number of hydrogen-bond acceptors (Lipinski definition) is 8. The zero-order valence-electron chi connectivity index (χ0n) is 24.3. The molecular formula is C30H39N5O4S. The predicted octanol–water partition coefficient (Wildman–Crippen LogP) is 5.14. The second-order valence-corrected chi connectivity index (χ2v) is 13.7. The third kappa shape index (κ3) is 6.55. The number of ether oxygens (including phenoxy) is 1. The Labute approximate surface area is 237 Å². The van der Waals surface area contributed by atoms with E-state index in [1.165, 1.54) is 6.07 Å². The van der Waals surface area contributed by atoms with Crippen molar-refractivity contribution in [2.75, 3.05) is 23.9 Å². The zero-order chi connectivity index (χ0) is 29.3. The van der Waals surface area contributed by atoms with Gasteiger partial charge in [-0.2, -0.15) is 8.42 Å². The van der Waals surface area contributed by atoms with E-state index in [2.05, 4.69) is 61.5 Å². The summed E-state index contributed by atoms with van der Waals surface area (Å²) in [7, 11) is -2.65. The van der Waals surface area contributed by atoms with Gasteiger partial charge in [-0.25, -0.2) is 14.7 Å². The van der Waals surface area contributed by atoms with Crippen LogP contribution in [0.15, 0.2) is 59.6 Å². The first-order valence-corrected chi connectivity index (χ1v) is 14.9. The molecule has 0 bridgehead atoms. The van der Waals surface area contributed by atoms with Gasteiger partial charge in [0.1, 0.15) is 17.4 Å². The molecule has 40 heavy (non-hydrogen) atoms. The third-order valence-corrected chi connectivity index (χ3v) is 8.31. The smallest absolute Gasteiger partial charge is 0.281 e. The van der Waals surface area contributed by atoms with Crippen molar-refractivity contribution < 1.29 is 17.9 Å². The summed E-state index contributed by atoms with van der Waals surface area (Å²) in [5, 5.41) is 2.88. The fourth-order valence-corrected chi connectivity index (χ4v) is 5.97. The number of carbonyl (C=O) groups excluding carboxylic acids is 1. The van der Waals surface area contributed by atoms with Crippen LogP contribution >= 0.6 is 0 Å². The Bertz CT molecular complexity index is 1480. The number of sulfonamides is 1. The number of hydrogen-bond donors (Lipinski definition) is 2. The van der Waals surface area contributed by atoms with Gasteiger partial charge in [-0.1, -0.05) is 45.9 Å². The minimum Gasteiger partial charge on any atom is -0.497 e. The Balaban J connectivity index is 1.58.